The lowest BCUT2D eigenvalue weighted by atomic mass is 10.1. The van der Waals surface area contributed by atoms with Crippen LogP contribution in [0.5, 0.6) is 0 Å². The standard InChI is InChI=1S/C19H32N4O2/c1-5-15(4)18(24)23-17-10-8-9-16(13-17)14-22-19(20-6-2)21-11-12-25-7-3/h8-10,13,15H,5-7,11-12,14H2,1-4H3,(H,23,24)(H2,20,21,22). The van der Waals surface area contributed by atoms with Gasteiger partial charge in [-0.05, 0) is 38.0 Å². The SMILES string of the molecule is CCNC(=NCc1cccc(NC(=O)C(C)CC)c1)NCCOCC. The van der Waals surface area contributed by atoms with Crippen molar-refractivity contribution >= 4 is 17.6 Å². The van der Waals surface area contributed by atoms with Gasteiger partial charge in [0.15, 0.2) is 5.96 Å². The van der Waals surface area contributed by atoms with E-state index in [9.17, 15) is 4.79 Å². The molecule has 0 saturated carbocycles. The fraction of sp³-hybridized carbons (Fsp3) is 0.579. The van der Waals surface area contributed by atoms with Gasteiger partial charge in [-0.1, -0.05) is 26.0 Å². The Balaban J connectivity index is 2.63. The van der Waals surface area contributed by atoms with E-state index >= 15 is 0 Å². The number of carbonyl (C=O) groups excluding carboxylic acids is 1. The molecule has 0 heterocycles. The molecule has 1 aromatic rings. The van der Waals surface area contributed by atoms with Gasteiger partial charge in [0.1, 0.15) is 0 Å². The molecule has 0 aliphatic rings. The first-order valence-electron chi connectivity index (χ1n) is 9.10. The van der Waals surface area contributed by atoms with Crippen LogP contribution in [-0.4, -0.2) is 38.2 Å². The molecule has 1 amide bonds. The van der Waals surface area contributed by atoms with Crippen LogP contribution < -0.4 is 16.0 Å². The monoisotopic (exact) mass is 348 g/mol. The molecule has 25 heavy (non-hydrogen) atoms. The van der Waals surface area contributed by atoms with Gasteiger partial charge >= 0.3 is 0 Å². The second-order valence-corrected chi connectivity index (χ2v) is 5.82. The molecule has 0 spiro atoms. The van der Waals surface area contributed by atoms with Crippen LogP contribution in [0.2, 0.25) is 0 Å². The largest absolute Gasteiger partial charge is 0.380 e. The average molecular weight is 348 g/mol. The lowest BCUT2D eigenvalue weighted by Gasteiger charge is -2.12. The summed E-state index contributed by atoms with van der Waals surface area (Å²) in [7, 11) is 0. The molecule has 1 aromatic carbocycles. The van der Waals surface area contributed by atoms with Crippen molar-refractivity contribution in [3.8, 4) is 0 Å². The molecule has 1 atom stereocenters. The van der Waals surface area contributed by atoms with Crippen LogP contribution in [0.3, 0.4) is 0 Å². The smallest absolute Gasteiger partial charge is 0.227 e. The third-order valence-electron chi connectivity index (χ3n) is 3.76. The van der Waals surface area contributed by atoms with Crippen LogP contribution in [0, 0.1) is 5.92 Å². The molecular weight excluding hydrogens is 316 g/mol. The van der Waals surface area contributed by atoms with E-state index in [0.717, 1.165) is 30.2 Å². The van der Waals surface area contributed by atoms with Gasteiger partial charge in [-0.25, -0.2) is 4.99 Å². The van der Waals surface area contributed by atoms with Gasteiger partial charge in [0.05, 0.1) is 13.2 Å². The lowest BCUT2D eigenvalue weighted by molar-refractivity contribution is -0.119. The molecule has 0 aliphatic heterocycles. The van der Waals surface area contributed by atoms with Crippen LogP contribution in [0.1, 0.15) is 39.7 Å². The highest BCUT2D eigenvalue weighted by Crippen LogP contribution is 2.13. The minimum atomic E-state index is 0.0107. The topological polar surface area (TPSA) is 74.8 Å². The molecule has 6 nitrogen and oxygen atoms in total. The zero-order valence-corrected chi connectivity index (χ0v) is 15.9. The van der Waals surface area contributed by atoms with Gasteiger partial charge in [-0.3, -0.25) is 4.79 Å². The minimum Gasteiger partial charge on any atom is -0.380 e. The van der Waals surface area contributed by atoms with Crippen molar-refractivity contribution in [1.82, 2.24) is 10.6 Å². The lowest BCUT2D eigenvalue weighted by Crippen LogP contribution is -2.39. The quantitative estimate of drug-likeness (QED) is 0.345. The summed E-state index contributed by atoms with van der Waals surface area (Å²) in [5.74, 6) is 0.821. The van der Waals surface area contributed by atoms with E-state index in [1.165, 1.54) is 0 Å². The van der Waals surface area contributed by atoms with E-state index in [1.807, 2.05) is 52.0 Å². The van der Waals surface area contributed by atoms with Crippen molar-refractivity contribution in [1.29, 1.82) is 0 Å². The molecule has 0 bridgehead atoms. The maximum atomic E-state index is 12.0. The summed E-state index contributed by atoms with van der Waals surface area (Å²) in [6, 6.07) is 7.81. The Morgan fingerprint density at radius 3 is 2.72 bits per heavy atom. The molecule has 1 unspecified atom stereocenters. The normalized spacial score (nSPS) is 12.6. The fourth-order valence-corrected chi connectivity index (χ4v) is 2.10. The van der Waals surface area contributed by atoms with E-state index in [1.54, 1.807) is 0 Å². The second kappa shape index (κ2) is 12.3. The predicted octanol–water partition coefficient (Wildman–Crippen LogP) is 2.76. The minimum absolute atomic E-state index is 0.0107. The number of amides is 1. The van der Waals surface area contributed by atoms with Crippen LogP contribution >= 0.6 is 0 Å². The molecule has 6 heteroatoms. The van der Waals surface area contributed by atoms with E-state index in [0.29, 0.717) is 26.3 Å². The van der Waals surface area contributed by atoms with Crippen molar-refractivity contribution in [2.75, 3.05) is 31.6 Å². The summed E-state index contributed by atoms with van der Waals surface area (Å²) in [4.78, 5) is 16.6. The third-order valence-corrected chi connectivity index (χ3v) is 3.76. The molecular formula is C19H32N4O2. The number of ether oxygens (including phenoxy) is 1. The summed E-state index contributed by atoms with van der Waals surface area (Å²) in [6.07, 6.45) is 0.829. The number of nitrogens with one attached hydrogen (secondary N) is 3. The van der Waals surface area contributed by atoms with Crippen LogP contribution in [0.25, 0.3) is 0 Å². The van der Waals surface area contributed by atoms with Crippen LogP contribution in [0.15, 0.2) is 29.3 Å². The summed E-state index contributed by atoms with van der Waals surface area (Å²) < 4.78 is 5.32. The number of nitrogens with zero attached hydrogens (tertiary/aromatic N) is 1. The Kier molecular flexibility index (Phi) is 10.3. The number of rotatable bonds is 10. The Morgan fingerprint density at radius 1 is 1.24 bits per heavy atom. The third kappa shape index (κ3) is 8.54. The number of hydrogen-bond donors (Lipinski definition) is 3. The number of carbonyl (C=O) groups is 1. The van der Waals surface area contributed by atoms with Crippen molar-refractivity contribution < 1.29 is 9.53 Å². The van der Waals surface area contributed by atoms with E-state index in [2.05, 4.69) is 20.9 Å². The summed E-state index contributed by atoms with van der Waals surface area (Å²) in [6.45, 7) is 11.4. The number of hydrogen-bond acceptors (Lipinski definition) is 3. The highest BCUT2D eigenvalue weighted by molar-refractivity contribution is 5.92. The van der Waals surface area contributed by atoms with E-state index in [-0.39, 0.29) is 11.8 Å². The van der Waals surface area contributed by atoms with Gasteiger partial charge in [-0.15, -0.1) is 0 Å². The molecule has 3 N–H and O–H groups in total. The molecule has 0 fully saturated rings. The maximum absolute atomic E-state index is 12.0. The predicted molar refractivity (Wildman–Crippen MR) is 104 cm³/mol. The van der Waals surface area contributed by atoms with Crippen molar-refractivity contribution in [2.45, 2.75) is 40.7 Å². The Bertz CT molecular complexity index is 546. The molecule has 0 radical (unpaired) electrons. The van der Waals surface area contributed by atoms with Crippen molar-refractivity contribution in [3.05, 3.63) is 29.8 Å². The average Bonchev–Trinajstić information content (AvgIpc) is 2.62. The van der Waals surface area contributed by atoms with Crippen LogP contribution in [0.4, 0.5) is 5.69 Å². The highest BCUT2D eigenvalue weighted by Gasteiger charge is 2.10. The van der Waals surface area contributed by atoms with Gasteiger partial charge in [-0.2, -0.15) is 0 Å². The Morgan fingerprint density at radius 2 is 2.04 bits per heavy atom. The Labute approximate surface area is 151 Å². The van der Waals surface area contributed by atoms with Crippen molar-refractivity contribution in [2.24, 2.45) is 10.9 Å². The zero-order valence-electron chi connectivity index (χ0n) is 15.9. The number of benzene rings is 1. The Hall–Kier alpha value is -2.08. The number of guanidine groups is 1. The first-order chi connectivity index (χ1) is 12.1. The zero-order chi connectivity index (χ0) is 18.5. The van der Waals surface area contributed by atoms with Gasteiger partial charge < -0.3 is 20.7 Å². The number of aliphatic imine (C=N–C) groups is 1. The molecule has 0 saturated heterocycles. The summed E-state index contributed by atoms with van der Waals surface area (Å²) >= 11 is 0. The van der Waals surface area contributed by atoms with E-state index < -0.39 is 0 Å². The van der Waals surface area contributed by atoms with Crippen molar-refractivity contribution in [3.63, 3.8) is 0 Å². The summed E-state index contributed by atoms with van der Waals surface area (Å²) in [5.41, 5.74) is 1.86. The van der Waals surface area contributed by atoms with Crippen LogP contribution in [-0.2, 0) is 16.1 Å². The second-order valence-electron chi connectivity index (χ2n) is 5.82. The molecule has 1 rings (SSSR count). The first kappa shape index (κ1) is 21.0. The van der Waals surface area contributed by atoms with Gasteiger partial charge in [0.2, 0.25) is 5.91 Å². The highest BCUT2D eigenvalue weighted by atomic mass is 16.5. The summed E-state index contributed by atoms with van der Waals surface area (Å²) in [5, 5.41) is 9.41. The molecule has 140 valence electrons. The maximum Gasteiger partial charge on any atom is 0.227 e. The fourth-order valence-electron chi connectivity index (χ4n) is 2.10. The molecule has 0 aromatic heterocycles. The van der Waals surface area contributed by atoms with E-state index in [4.69, 9.17) is 4.74 Å². The van der Waals surface area contributed by atoms with Gasteiger partial charge in [0.25, 0.3) is 0 Å². The molecule has 0 aliphatic carbocycles. The van der Waals surface area contributed by atoms with Gasteiger partial charge in [0, 0.05) is 31.3 Å². The number of anilines is 1. The first-order valence-corrected chi connectivity index (χ1v) is 9.10.